The lowest BCUT2D eigenvalue weighted by atomic mass is 9.98. The summed E-state index contributed by atoms with van der Waals surface area (Å²) in [5, 5.41) is 13.1. The highest BCUT2D eigenvalue weighted by molar-refractivity contribution is 7.10. The number of hydrogen-bond acceptors (Lipinski definition) is 6. The zero-order valence-corrected chi connectivity index (χ0v) is 18.8. The Morgan fingerprint density at radius 2 is 1.94 bits per heavy atom. The fourth-order valence-corrected chi connectivity index (χ4v) is 4.67. The molecule has 1 N–H and O–H groups in total. The topological polar surface area (TPSA) is 76.1 Å². The van der Waals surface area contributed by atoms with E-state index in [0.717, 1.165) is 10.4 Å². The number of Topliss-reactive ketones (excluding diaryl/α,β-unsaturated/α-hetero) is 1. The maximum atomic E-state index is 13.2. The number of aryl methyl sites for hydroxylation is 1. The van der Waals surface area contributed by atoms with Crippen molar-refractivity contribution in [1.82, 2.24) is 0 Å². The molecular formula is C25H23NO5S. The number of ketones is 1. The van der Waals surface area contributed by atoms with Gasteiger partial charge in [-0.1, -0.05) is 12.1 Å². The molecule has 32 heavy (non-hydrogen) atoms. The molecule has 1 aromatic heterocycles. The van der Waals surface area contributed by atoms with E-state index in [-0.39, 0.29) is 11.3 Å². The minimum absolute atomic E-state index is 0.0591. The summed E-state index contributed by atoms with van der Waals surface area (Å²) in [6.45, 7) is 4.29. The summed E-state index contributed by atoms with van der Waals surface area (Å²) in [5.74, 6) is -0.360. The Kier molecular flexibility index (Phi) is 6.01. The summed E-state index contributed by atoms with van der Waals surface area (Å²) in [6.07, 6.45) is 0. The van der Waals surface area contributed by atoms with E-state index in [1.165, 1.54) is 23.3 Å². The van der Waals surface area contributed by atoms with Crippen molar-refractivity contribution in [2.75, 3.05) is 18.6 Å². The van der Waals surface area contributed by atoms with Gasteiger partial charge in [0.15, 0.2) is 0 Å². The van der Waals surface area contributed by atoms with Crippen LogP contribution in [0.25, 0.3) is 5.76 Å². The first-order valence-electron chi connectivity index (χ1n) is 10.2. The smallest absolute Gasteiger partial charge is 0.300 e. The van der Waals surface area contributed by atoms with Crippen LogP contribution in [-0.2, 0) is 9.59 Å². The Morgan fingerprint density at radius 1 is 1.12 bits per heavy atom. The van der Waals surface area contributed by atoms with Gasteiger partial charge in [-0.05, 0) is 61.2 Å². The van der Waals surface area contributed by atoms with Crippen LogP contribution in [0, 0.1) is 6.92 Å². The molecule has 164 valence electrons. The molecule has 1 aliphatic rings. The van der Waals surface area contributed by atoms with Gasteiger partial charge in [0.05, 0.1) is 19.3 Å². The molecule has 1 aliphatic heterocycles. The first kappa shape index (κ1) is 21.6. The molecule has 0 bridgehead atoms. The van der Waals surface area contributed by atoms with Crippen LogP contribution in [-0.4, -0.2) is 30.5 Å². The van der Waals surface area contributed by atoms with Gasteiger partial charge in [-0.15, -0.1) is 11.3 Å². The number of hydrogen-bond donors (Lipinski definition) is 1. The number of methoxy groups -OCH3 is 1. The number of carbonyl (C=O) groups excluding carboxylic acids is 2. The fraction of sp³-hybridized carbons (Fsp3) is 0.200. The Balaban J connectivity index is 1.88. The van der Waals surface area contributed by atoms with Crippen molar-refractivity contribution in [3.05, 3.63) is 81.6 Å². The third-order valence-corrected chi connectivity index (χ3v) is 6.26. The number of amides is 1. The zero-order valence-electron chi connectivity index (χ0n) is 18.0. The van der Waals surface area contributed by atoms with Crippen molar-refractivity contribution < 1.29 is 24.2 Å². The molecule has 2 heterocycles. The Morgan fingerprint density at radius 3 is 2.59 bits per heavy atom. The van der Waals surface area contributed by atoms with Gasteiger partial charge in [-0.2, -0.15) is 0 Å². The van der Waals surface area contributed by atoms with Crippen LogP contribution in [0.1, 0.15) is 29.0 Å². The second-order valence-corrected chi connectivity index (χ2v) is 8.28. The van der Waals surface area contributed by atoms with Crippen molar-refractivity contribution in [3.63, 3.8) is 0 Å². The predicted octanol–water partition coefficient (Wildman–Crippen LogP) is 5.09. The second kappa shape index (κ2) is 8.88. The average molecular weight is 450 g/mol. The largest absolute Gasteiger partial charge is 0.507 e. The standard InChI is InChI=1S/C25H23NO5S/c1-4-31-19-11-10-16(13-15(19)2)23(27)21-22(20-9-6-12-32-20)26(25(29)24(21)28)17-7-5-8-18(14-17)30-3/h5-14,22,27H,4H2,1-3H3/b23-21-. The van der Waals surface area contributed by atoms with E-state index in [2.05, 4.69) is 0 Å². The monoisotopic (exact) mass is 449 g/mol. The molecule has 1 unspecified atom stereocenters. The normalized spacial score (nSPS) is 17.6. The molecule has 1 amide bonds. The second-order valence-electron chi connectivity index (χ2n) is 7.30. The Hall–Kier alpha value is -3.58. The van der Waals surface area contributed by atoms with E-state index < -0.39 is 17.7 Å². The van der Waals surface area contributed by atoms with Crippen LogP contribution < -0.4 is 14.4 Å². The number of anilines is 1. The molecule has 1 fully saturated rings. The van der Waals surface area contributed by atoms with Crippen molar-refractivity contribution in [2.24, 2.45) is 0 Å². The number of aliphatic hydroxyl groups excluding tert-OH is 1. The molecule has 7 heteroatoms. The van der Waals surface area contributed by atoms with Gasteiger partial charge < -0.3 is 14.6 Å². The summed E-state index contributed by atoms with van der Waals surface area (Å²) < 4.78 is 10.9. The van der Waals surface area contributed by atoms with Gasteiger partial charge in [0.25, 0.3) is 11.7 Å². The summed E-state index contributed by atoms with van der Waals surface area (Å²) in [6, 6.07) is 15.1. The summed E-state index contributed by atoms with van der Waals surface area (Å²) >= 11 is 1.42. The molecule has 1 atom stereocenters. The van der Waals surface area contributed by atoms with Crippen LogP contribution >= 0.6 is 11.3 Å². The third kappa shape index (κ3) is 3.76. The highest BCUT2D eigenvalue weighted by Crippen LogP contribution is 2.44. The first-order valence-corrected chi connectivity index (χ1v) is 11.1. The van der Waals surface area contributed by atoms with Gasteiger partial charge in [0.2, 0.25) is 0 Å². The maximum absolute atomic E-state index is 13.2. The number of rotatable bonds is 6. The lowest BCUT2D eigenvalue weighted by molar-refractivity contribution is -0.132. The van der Waals surface area contributed by atoms with Gasteiger partial charge in [-0.3, -0.25) is 14.5 Å². The number of benzene rings is 2. The fourth-order valence-electron chi connectivity index (χ4n) is 3.84. The first-order chi connectivity index (χ1) is 15.5. The zero-order chi connectivity index (χ0) is 22.8. The molecule has 0 aliphatic carbocycles. The Labute approximate surface area is 190 Å². The number of nitrogens with zero attached hydrogens (tertiary/aromatic N) is 1. The summed E-state index contributed by atoms with van der Waals surface area (Å²) in [5.41, 5.74) is 1.86. The van der Waals surface area contributed by atoms with Gasteiger partial charge in [0.1, 0.15) is 23.3 Å². The molecule has 4 rings (SSSR count). The van der Waals surface area contributed by atoms with Crippen molar-refractivity contribution in [1.29, 1.82) is 0 Å². The SMILES string of the molecule is CCOc1ccc(/C(O)=C2/C(=O)C(=O)N(c3cccc(OC)c3)C2c2cccs2)cc1C. The van der Waals surface area contributed by atoms with Crippen molar-refractivity contribution in [3.8, 4) is 11.5 Å². The summed E-state index contributed by atoms with van der Waals surface area (Å²) in [4.78, 5) is 28.5. The van der Waals surface area contributed by atoms with Crippen LogP contribution in [0.5, 0.6) is 11.5 Å². The molecule has 6 nitrogen and oxygen atoms in total. The number of carbonyl (C=O) groups is 2. The van der Waals surface area contributed by atoms with Gasteiger partial charge >= 0.3 is 0 Å². The minimum Gasteiger partial charge on any atom is -0.507 e. The average Bonchev–Trinajstić information content (AvgIpc) is 3.42. The third-order valence-electron chi connectivity index (χ3n) is 5.34. The minimum atomic E-state index is -0.742. The van der Waals surface area contributed by atoms with Crippen LogP contribution in [0.3, 0.4) is 0 Å². The molecule has 0 saturated carbocycles. The van der Waals surface area contributed by atoms with E-state index in [9.17, 15) is 14.7 Å². The van der Waals surface area contributed by atoms with Crippen LogP contribution in [0.2, 0.25) is 0 Å². The molecule has 1 saturated heterocycles. The molecule has 3 aromatic rings. The molecular weight excluding hydrogens is 426 g/mol. The van der Waals surface area contributed by atoms with E-state index in [1.807, 2.05) is 31.4 Å². The van der Waals surface area contributed by atoms with Crippen molar-refractivity contribution >= 4 is 34.5 Å². The lowest BCUT2D eigenvalue weighted by Gasteiger charge is -2.24. The summed E-state index contributed by atoms with van der Waals surface area (Å²) in [7, 11) is 1.54. The van der Waals surface area contributed by atoms with Gasteiger partial charge in [0, 0.05) is 22.2 Å². The Bertz CT molecular complexity index is 1200. The number of thiophene rings is 1. The quantitative estimate of drug-likeness (QED) is 0.322. The van der Waals surface area contributed by atoms with E-state index in [1.54, 1.807) is 42.5 Å². The molecule has 0 radical (unpaired) electrons. The number of aliphatic hydroxyl groups is 1. The van der Waals surface area contributed by atoms with E-state index >= 15 is 0 Å². The van der Waals surface area contributed by atoms with Crippen LogP contribution in [0.4, 0.5) is 5.69 Å². The maximum Gasteiger partial charge on any atom is 0.300 e. The molecule has 0 spiro atoms. The van der Waals surface area contributed by atoms with E-state index in [0.29, 0.717) is 29.4 Å². The lowest BCUT2D eigenvalue weighted by Crippen LogP contribution is -2.29. The van der Waals surface area contributed by atoms with Crippen molar-refractivity contribution in [2.45, 2.75) is 19.9 Å². The molecule has 2 aromatic carbocycles. The van der Waals surface area contributed by atoms with Crippen LogP contribution in [0.15, 0.2) is 65.6 Å². The number of ether oxygens (including phenoxy) is 2. The van der Waals surface area contributed by atoms with Gasteiger partial charge in [-0.25, -0.2) is 0 Å². The highest BCUT2D eigenvalue weighted by atomic mass is 32.1. The highest BCUT2D eigenvalue weighted by Gasteiger charge is 2.47. The van der Waals surface area contributed by atoms with E-state index in [4.69, 9.17) is 9.47 Å². The predicted molar refractivity (Wildman–Crippen MR) is 124 cm³/mol.